The third kappa shape index (κ3) is 5.84. The largest absolute Gasteiger partial charge is 0.326 e. The van der Waals surface area contributed by atoms with Crippen molar-refractivity contribution in [3.05, 3.63) is 72.6 Å². The molecule has 4 rings (SSSR count). The molecule has 2 aromatic carbocycles. The minimum atomic E-state index is -3.89. The van der Waals surface area contributed by atoms with Crippen molar-refractivity contribution in [1.29, 1.82) is 0 Å². The Morgan fingerprint density at radius 3 is 2.23 bits per heavy atom. The van der Waals surface area contributed by atoms with Crippen LogP contribution in [0.15, 0.2) is 76.8 Å². The molecule has 3 aromatic rings. The first kappa shape index (κ1) is 24.8. The van der Waals surface area contributed by atoms with E-state index in [-0.39, 0.29) is 28.2 Å². The fraction of sp³-hybridized carbons (Fsp3) is 0.261. The van der Waals surface area contributed by atoms with E-state index in [9.17, 15) is 21.6 Å². The number of rotatable bonds is 7. The van der Waals surface area contributed by atoms with E-state index in [0.29, 0.717) is 25.1 Å². The first-order valence-electron chi connectivity index (χ1n) is 10.9. The first-order chi connectivity index (χ1) is 16.6. The maximum atomic E-state index is 13.0. The fourth-order valence-electron chi connectivity index (χ4n) is 3.73. The van der Waals surface area contributed by atoms with Crippen molar-refractivity contribution in [3.63, 3.8) is 0 Å². The van der Waals surface area contributed by atoms with Gasteiger partial charge in [0.1, 0.15) is 0 Å². The van der Waals surface area contributed by atoms with Gasteiger partial charge in [0.05, 0.1) is 15.7 Å². The van der Waals surface area contributed by atoms with Crippen LogP contribution in [0.2, 0.25) is 0 Å². The minimum absolute atomic E-state index is 0.0176. The maximum absolute atomic E-state index is 13.0. The van der Waals surface area contributed by atoms with Gasteiger partial charge in [-0.05, 0) is 62.2 Å². The van der Waals surface area contributed by atoms with Crippen LogP contribution in [0.4, 0.5) is 11.6 Å². The van der Waals surface area contributed by atoms with E-state index in [1.54, 1.807) is 30.3 Å². The number of piperidine rings is 1. The van der Waals surface area contributed by atoms with Gasteiger partial charge in [-0.15, -0.1) is 0 Å². The number of amides is 1. The lowest BCUT2D eigenvalue weighted by Crippen LogP contribution is -2.43. The number of hydrogen-bond donors (Lipinski definition) is 2. The van der Waals surface area contributed by atoms with Crippen LogP contribution in [0.5, 0.6) is 0 Å². The maximum Gasteiger partial charge on any atom is 0.264 e. The summed E-state index contributed by atoms with van der Waals surface area (Å²) in [6.07, 6.45) is 3.95. The Labute approximate surface area is 204 Å². The van der Waals surface area contributed by atoms with Gasteiger partial charge in [-0.25, -0.2) is 31.5 Å². The second kappa shape index (κ2) is 10.1. The molecule has 35 heavy (non-hydrogen) atoms. The van der Waals surface area contributed by atoms with E-state index in [0.717, 1.165) is 5.56 Å². The smallest absolute Gasteiger partial charge is 0.264 e. The van der Waals surface area contributed by atoms with Gasteiger partial charge in [-0.1, -0.05) is 17.7 Å². The van der Waals surface area contributed by atoms with Crippen LogP contribution in [0.1, 0.15) is 18.4 Å². The van der Waals surface area contributed by atoms with Crippen LogP contribution in [-0.2, 0) is 24.8 Å². The molecule has 0 saturated carbocycles. The summed E-state index contributed by atoms with van der Waals surface area (Å²) in [5, 5.41) is 2.76. The summed E-state index contributed by atoms with van der Waals surface area (Å²) in [7, 11) is -7.59. The highest BCUT2D eigenvalue weighted by molar-refractivity contribution is 7.92. The Hall–Kier alpha value is -3.35. The molecule has 1 fully saturated rings. The fourth-order valence-corrected chi connectivity index (χ4v) is 6.21. The quantitative estimate of drug-likeness (QED) is 0.493. The second-order valence-electron chi connectivity index (χ2n) is 8.21. The van der Waals surface area contributed by atoms with Crippen molar-refractivity contribution < 1.29 is 21.6 Å². The minimum Gasteiger partial charge on any atom is -0.326 e. The van der Waals surface area contributed by atoms with Gasteiger partial charge < -0.3 is 5.32 Å². The standard InChI is InChI=1S/C23H25N5O5S2/c1-17-5-9-21(10-6-17)35(32,33)28-15-2-4-18(16-28)22(29)26-19-7-11-20(12-8-19)34(30,31)27-23-24-13-3-14-25-23/h3,5-14,18H,2,4,15-16H2,1H3,(H,26,29)(H,24,25,27)/t18-/m0/s1. The summed E-state index contributed by atoms with van der Waals surface area (Å²) in [5.41, 5.74) is 1.37. The molecule has 1 aliphatic heterocycles. The highest BCUT2D eigenvalue weighted by Gasteiger charge is 2.33. The number of carbonyl (C=O) groups excluding carboxylic acids is 1. The highest BCUT2D eigenvalue weighted by atomic mass is 32.2. The molecular weight excluding hydrogens is 490 g/mol. The van der Waals surface area contributed by atoms with E-state index in [1.165, 1.54) is 41.0 Å². The van der Waals surface area contributed by atoms with Gasteiger partial charge in [0, 0.05) is 31.2 Å². The molecule has 0 spiro atoms. The molecule has 1 amide bonds. The van der Waals surface area contributed by atoms with E-state index in [4.69, 9.17) is 0 Å². The predicted molar refractivity (Wildman–Crippen MR) is 131 cm³/mol. The van der Waals surface area contributed by atoms with Crippen LogP contribution in [0, 0.1) is 12.8 Å². The van der Waals surface area contributed by atoms with Crippen molar-refractivity contribution in [3.8, 4) is 0 Å². The molecule has 0 bridgehead atoms. The number of carbonyl (C=O) groups is 1. The lowest BCUT2D eigenvalue weighted by atomic mass is 9.99. The Balaban J connectivity index is 1.41. The molecule has 1 atom stereocenters. The Morgan fingerprint density at radius 1 is 0.943 bits per heavy atom. The van der Waals surface area contributed by atoms with E-state index in [2.05, 4.69) is 20.0 Å². The summed E-state index contributed by atoms with van der Waals surface area (Å²) in [6, 6.07) is 13.9. The molecule has 10 nitrogen and oxygen atoms in total. The van der Waals surface area contributed by atoms with E-state index >= 15 is 0 Å². The van der Waals surface area contributed by atoms with Gasteiger partial charge in [-0.2, -0.15) is 4.31 Å². The zero-order chi connectivity index (χ0) is 25.1. The number of nitrogens with one attached hydrogen (secondary N) is 2. The second-order valence-corrected chi connectivity index (χ2v) is 11.8. The summed E-state index contributed by atoms with van der Waals surface area (Å²) in [6.45, 7) is 2.31. The molecule has 12 heteroatoms. The van der Waals surface area contributed by atoms with Gasteiger partial charge in [0.15, 0.2) is 0 Å². The Bertz CT molecular complexity index is 1390. The van der Waals surface area contributed by atoms with Crippen molar-refractivity contribution in [2.75, 3.05) is 23.1 Å². The number of aryl methyl sites for hydroxylation is 1. The lowest BCUT2D eigenvalue weighted by molar-refractivity contribution is -0.120. The van der Waals surface area contributed by atoms with Crippen LogP contribution in [0.3, 0.4) is 0 Å². The van der Waals surface area contributed by atoms with Crippen LogP contribution >= 0.6 is 0 Å². The third-order valence-electron chi connectivity index (χ3n) is 5.64. The topological polar surface area (TPSA) is 138 Å². The Morgan fingerprint density at radius 2 is 1.57 bits per heavy atom. The summed E-state index contributed by atoms with van der Waals surface area (Å²) in [4.78, 5) is 20.7. The van der Waals surface area contributed by atoms with Gasteiger partial charge in [0.2, 0.25) is 21.9 Å². The van der Waals surface area contributed by atoms with Crippen molar-refractivity contribution in [2.45, 2.75) is 29.6 Å². The van der Waals surface area contributed by atoms with Crippen molar-refractivity contribution in [2.24, 2.45) is 5.92 Å². The average Bonchev–Trinajstić information content (AvgIpc) is 2.85. The number of benzene rings is 2. The molecular formula is C23H25N5O5S2. The number of hydrogen-bond acceptors (Lipinski definition) is 7. The molecule has 2 heterocycles. The molecule has 1 aliphatic rings. The summed E-state index contributed by atoms with van der Waals surface area (Å²) < 4.78 is 54.7. The number of nitrogens with zero attached hydrogens (tertiary/aromatic N) is 3. The van der Waals surface area contributed by atoms with Crippen molar-refractivity contribution in [1.82, 2.24) is 14.3 Å². The number of aromatic nitrogens is 2. The molecule has 184 valence electrons. The van der Waals surface area contributed by atoms with Crippen LogP contribution in [0.25, 0.3) is 0 Å². The molecule has 2 N–H and O–H groups in total. The van der Waals surface area contributed by atoms with Gasteiger partial charge in [0.25, 0.3) is 10.0 Å². The first-order valence-corrected chi connectivity index (χ1v) is 13.8. The van der Waals surface area contributed by atoms with Crippen LogP contribution < -0.4 is 10.0 Å². The monoisotopic (exact) mass is 515 g/mol. The zero-order valence-electron chi connectivity index (χ0n) is 19.0. The predicted octanol–water partition coefficient (Wildman–Crippen LogP) is 2.63. The number of sulfonamides is 2. The van der Waals surface area contributed by atoms with Gasteiger partial charge in [-0.3, -0.25) is 4.79 Å². The zero-order valence-corrected chi connectivity index (χ0v) is 20.6. The molecule has 0 radical (unpaired) electrons. The molecule has 0 unspecified atom stereocenters. The molecule has 0 aliphatic carbocycles. The summed E-state index contributed by atoms with van der Waals surface area (Å²) in [5.74, 6) is -0.892. The summed E-state index contributed by atoms with van der Waals surface area (Å²) >= 11 is 0. The van der Waals surface area contributed by atoms with Gasteiger partial charge >= 0.3 is 0 Å². The highest BCUT2D eigenvalue weighted by Crippen LogP contribution is 2.25. The molecule has 1 saturated heterocycles. The van der Waals surface area contributed by atoms with E-state index in [1.807, 2.05) is 6.92 Å². The normalized spacial score (nSPS) is 17.0. The average molecular weight is 516 g/mol. The SMILES string of the molecule is Cc1ccc(S(=O)(=O)N2CCC[C@H](C(=O)Nc3ccc(S(=O)(=O)Nc4ncccn4)cc3)C2)cc1. The lowest BCUT2D eigenvalue weighted by Gasteiger charge is -2.31. The van der Waals surface area contributed by atoms with Crippen LogP contribution in [-0.4, -0.2) is 50.1 Å². The molecule has 1 aromatic heterocycles. The third-order valence-corrected chi connectivity index (χ3v) is 8.86. The van der Waals surface area contributed by atoms with Crippen molar-refractivity contribution >= 4 is 37.6 Å². The van der Waals surface area contributed by atoms with E-state index < -0.39 is 26.0 Å². The Kier molecular flexibility index (Phi) is 7.15. The number of anilines is 2.